The van der Waals surface area contributed by atoms with Gasteiger partial charge in [0.05, 0.1) is 12.0 Å². The highest BCUT2D eigenvalue weighted by Gasteiger charge is 2.33. The van der Waals surface area contributed by atoms with Crippen LogP contribution in [0.1, 0.15) is 19.8 Å². The van der Waals surface area contributed by atoms with Crippen molar-refractivity contribution in [1.82, 2.24) is 9.88 Å². The maximum Gasteiger partial charge on any atom is 0.236 e. The highest BCUT2D eigenvalue weighted by atomic mass is 32.2. The molecule has 33 heavy (non-hydrogen) atoms. The van der Waals surface area contributed by atoms with Gasteiger partial charge in [0.2, 0.25) is 32.5 Å². The Bertz CT molecular complexity index is 1200. The van der Waals surface area contributed by atoms with Crippen molar-refractivity contribution in [3.63, 3.8) is 0 Å². The van der Waals surface area contributed by atoms with Crippen molar-refractivity contribution >= 4 is 21.6 Å². The normalized spacial score (nSPS) is 14.4. The van der Waals surface area contributed by atoms with Gasteiger partial charge >= 0.3 is 0 Å². The first kappa shape index (κ1) is 22.8. The van der Waals surface area contributed by atoms with Crippen molar-refractivity contribution in [3.05, 3.63) is 54.6 Å². The van der Waals surface area contributed by atoms with Crippen LogP contribution in [-0.4, -0.2) is 57.5 Å². The highest BCUT2D eigenvalue weighted by Crippen LogP contribution is 2.35. The zero-order valence-corrected chi connectivity index (χ0v) is 19.5. The highest BCUT2D eigenvalue weighted by molar-refractivity contribution is 7.91. The summed E-state index contributed by atoms with van der Waals surface area (Å²) in [5.74, 6) is 1.21. The molecule has 1 aromatic heterocycles. The number of oxazole rings is 1. The van der Waals surface area contributed by atoms with E-state index < -0.39 is 9.84 Å². The first-order valence-corrected chi connectivity index (χ1v) is 12.4. The van der Waals surface area contributed by atoms with Gasteiger partial charge in [0.1, 0.15) is 5.75 Å². The van der Waals surface area contributed by atoms with Crippen molar-refractivity contribution in [2.24, 2.45) is 0 Å². The number of ether oxygens (including phenoxy) is 1. The lowest BCUT2D eigenvalue weighted by Crippen LogP contribution is -2.48. The number of rotatable bonds is 7. The van der Waals surface area contributed by atoms with Gasteiger partial charge in [0, 0.05) is 38.2 Å². The smallest absolute Gasteiger partial charge is 0.236 e. The number of anilines is 1. The molecule has 8 nitrogen and oxygen atoms in total. The number of benzene rings is 2. The number of carbonyl (C=O) groups excluding carboxylic acids is 1. The van der Waals surface area contributed by atoms with E-state index in [1.54, 1.807) is 61.7 Å². The zero-order chi connectivity index (χ0) is 23.4. The average Bonchev–Trinajstić information content (AvgIpc) is 3.31. The van der Waals surface area contributed by atoms with Gasteiger partial charge < -0.3 is 19.0 Å². The molecule has 1 fully saturated rings. The van der Waals surface area contributed by atoms with Crippen LogP contribution in [0.15, 0.2) is 68.9 Å². The second-order valence-corrected chi connectivity index (χ2v) is 9.66. The van der Waals surface area contributed by atoms with E-state index in [-0.39, 0.29) is 27.6 Å². The fourth-order valence-electron chi connectivity index (χ4n) is 3.77. The summed E-state index contributed by atoms with van der Waals surface area (Å²) in [5, 5.41) is -0.118. The van der Waals surface area contributed by atoms with Crippen LogP contribution in [0.25, 0.3) is 11.5 Å². The van der Waals surface area contributed by atoms with Gasteiger partial charge in [0.15, 0.2) is 0 Å². The molecular weight excluding hydrogens is 442 g/mol. The van der Waals surface area contributed by atoms with E-state index in [2.05, 4.69) is 4.98 Å². The van der Waals surface area contributed by atoms with Gasteiger partial charge in [-0.25, -0.2) is 8.42 Å². The van der Waals surface area contributed by atoms with Crippen molar-refractivity contribution in [2.45, 2.75) is 29.7 Å². The van der Waals surface area contributed by atoms with E-state index >= 15 is 0 Å². The number of amides is 1. The lowest BCUT2D eigenvalue weighted by atomic mass is 10.2. The fraction of sp³-hybridized carbons (Fsp3) is 0.333. The largest absolute Gasteiger partial charge is 0.497 e. The quantitative estimate of drug-likeness (QED) is 0.522. The van der Waals surface area contributed by atoms with Gasteiger partial charge in [-0.1, -0.05) is 25.1 Å². The minimum atomic E-state index is -3.91. The Morgan fingerprint density at radius 3 is 2.30 bits per heavy atom. The molecule has 2 aromatic carbocycles. The molecule has 4 rings (SSSR count). The molecule has 0 unspecified atom stereocenters. The monoisotopic (exact) mass is 469 g/mol. The molecular formula is C24H27N3O5S. The van der Waals surface area contributed by atoms with Crippen LogP contribution in [0.5, 0.6) is 5.75 Å². The maximum atomic E-state index is 13.5. The predicted molar refractivity (Wildman–Crippen MR) is 124 cm³/mol. The molecule has 174 valence electrons. The molecule has 0 N–H and O–H groups in total. The van der Waals surface area contributed by atoms with E-state index in [9.17, 15) is 13.2 Å². The van der Waals surface area contributed by atoms with Crippen LogP contribution in [0.4, 0.5) is 5.88 Å². The Kier molecular flexibility index (Phi) is 6.69. The summed E-state index contributed by atoms with van der Waals surface area (Å²) in [6, 6.07) is 15.3. The summed E-state index contributed by atoms with van der Waals surface area (Å²) < 4.78 is 38.2. The molecule has 0 radical (unpaired) electrons. The Morgan fingerprint density at radius 1 is 1.03 bits per heavy atom. The third-order valence-corrected chi connectivity index (χ3v) is 7.28. The van der Waals surface area contributed by atoms with Gasteiger partial charge in [-0.05, 0) is 42.8 Å². The van der Waals surface area contributed by atoms with Crippen molar-refractivity contribution in [2.75, 3.05) is 38.2 Å². The number of piperazine rings is 1. The predicted octanol–water partition coefficient (Wildman–Crippen LogP) is 3.63. The molecule has 0 saturated carbocycles. The third kappa shape index (κ3) is 4.73. The number of aromatic nitrogens is 1. The number of carbonyl (C=O) groups is 1. The second kappa shape index (κ2) is 9.66. The van der Waals surface area contributed by atoms with Crippen LogP contribution in [0.3, 0.4) is 0 Å². The second-order valence-electron chi connectivity index (χ2n) is 7.79. The number of hydrogen-bond acceptors (Lipinski definition) is 7. The molecule has 0 aliphatic carbocycles. The molecule has 0 atom stereocenters. The molecule has 9 heteroatoms. The summed E-state index contributed by atoms with van der Waals surface area (Å²) in [6.45, 7) is 3.91. The lowest BCUT2D eigenvalue weighted by molar-refractivity contribution is -0.131. The minimum absolute atomic E-state index is 0.116. The van der Waals surface area contributed by atoms with Crippen molar-refractivity contribution in [1.29, 1.82) is 0 Å². The van der Waals surface area contributed by atoms with Gasteiger partial charge in [0.25, 0.3) is 0 Å². The number of methoxy groups -OCH3 is 1. The molecule has 0 spiro atoms. The van der Waals surface area contributed by atoms with Gasteiger partial charge in [-0.3, -0.25) is 4.79 Å². The van der Waals surface area contributed by atoms with E-state index in [0.29, 0.717) is 43.9 Å². The number of nitrogens with zero attached hydrogens (tertiary/aromatic N) is 3. The first-order valence-electron chi connectivity index (χ1n) is 10.9. The Hall–Kier alpha value is -3.33. The Balaban J connectivity index is 1.70. The van der Waals surface area contributed by atoms with E-state index in [1.807, 2.05) is 16.7 Å². The van der Waals surface area contributed by atoms with Crippen LogP contribution in [0.2, 0.25) is 0 Å². The summed E-state index contributed by atoms with van der Waals surface area (Å²) in [5.41, 5.74) is 0.642. The van der Waals surface area contributed by atoms with Crippen LogP contribution < -0.4 is 9.64 Å². The molecule has 2 heterocycles. The van der Waals surface area contributed by atoms with E-state index in [1.165, 1.54) is 0 Å². The molecule has 3 aromatic rings. The van der Waals surface area contributed by atoms with Crippen LogP contribution in [0, 0.1) is 0 Å². The average molecular weight is 470 g/mol. The number of hydrogen-bond donors (Lipinski definition) is 0. The van der Waals surface area contributed by atoms with Crippen LogP contribution in [-0.2, 0) is 14.6 Å². The van der Waals surface area contributed by atoms with Gasteiger partial charge in [-0.15, -0.1) is 0 Å². The topological polar surface area (TPSA) is 92.9 Å². The van der Waals surface area contributed by atoms with E-state index in [0.717, 1.165) is 6.42 Å². The number of sulfone groups is 1. The summed E-state index contributed by atoms with van der Waals surface area (Å²) >= 11 is 0. The fourth-order valence-corrected chi connectivity index (χ4v) is 5.11. The van der Waals surface area contributed by atoms with Crippen LogP contribution >= 0.6 is 0 Å². The Morgan fingerprint density at radius 2 is 1.70 bits per heavy atom. The maximum absolute atomic E-state index is 13.5. The Labute approximate surface area is 193 Å². The molecule has 1 saturated heterocycles. The van der Waals surface area contributed by atoms with E-state index in [4.69, 9.17) is 9.15 Å². The molecule has 1 aliphatic heterocycles. The summed E-state index contributed by atoms with van der Waals surface area (Å²) in [6.07, 6.45) is 1.31. The standard InChI is InChI=1S/C24H27N3O5S/c1-3-7-21(28)26-14-16-27(17-15-26)24-23(33(29,30)20-8-5-4-6-9-20)25-22(32-24)18-10-12-19(31-2)13-11-18/h4-6,8-13H,3,7,14-17H2,1-2H3. The minimum Gasteiger partial charge on any atom is -0.497 e. The van der Waals surface area contributed by atoms with Gasteiger partial charge in [-0.2, -0.15) is 4.98 Å². The summed E-state index contributed by atoms with van der Waals surface area (Å²) in [4.78, 5) is 20.5. The van der Waals surface area contributed by atoms with Crippen molar-refractivity contribution in [3.8, 4) is 17.2 Å². The zero-order valence-electron chi connectivity index (χ0n) is 18.7. The molecule has 1 amide bonds. The molecule has 0 bridgehead atoms. The lowest BCUT2D eigenvalue weighted by Gasteiger charge is -2.34. The third-order valence-electron chi connectivity index (χ3n) is 5.61. The van der Waals surface area contributed by atoms with Crippen molar-refractivity contribution < 1.29 is 22.4 Å². The first-order chi connectivity index (χ1) is 15.9. The molecule has 1 aliphatic rings. The summed E-state index contributed by atoms with van der Waals surface area (Å²) in [7, 11) is -2.33. The SMILES string of the molecule is CCCC(=O)N1CCN(c2oc(-c3ccc(OC)cc3)nc2S(=O)(=O)c2ccccc2)CC1.